The Morgan fingerprint density at radius 2 is 2.00 bits per heavy atom. The number of rotatable bonds is 10. The lowest BCUT2D eigenvalue weighted by molar-refractivity contribution is 0.0521. The molecule has 0 fully saturated rings. The second-order valence-corrected chi connectivity index (χ2v) is 7.15. The van der Waals surface area contributed by atoms with Crippen molar-refractivity contribution < 1.29 is 9.47 Å². The minimum atomic E-state index is 0.426. The maximum atomic E-state index is 5.59. The van der Waals surface area contributed by atoms with Crippen molar-refractivity contribution in [3.8, 4) is 9.75 Å². The topological polar surface area (TPSA) is 21.7 Å². The van der Waals surface area contributed by atoms with Crippen LogP contribution in [0.2, 0.25) is 0 Å². The van der Waals surface area contributed by atoms with E-state index < -0.39 is 0 Å². The van der Waals surface area contributed by atoms with Crippen LogP contribution in [0.5, 0.6) is 0 Å². The Balaban J connectivity index is 1.89. The van der Waals surface area contributed by atoms with Gasteiger partial charge in [-0.2, -0.15) is 0 Å². The fourth-order valence-electron chi connectivity index (χ4n) is 2.36. The molecule has 1 atom stereocenters. The van der Waals surface area contributed by atoms with Gasteiger partial charge in [-0.25, -0.2) is 0 Å². The molecule has 0 aliphatic carbocycles. The molecule has 3 nitrogen and oxygen atoms in total. The van der Waals surface area contributed by atoms with Crippen molar-refractivity contribution in [2.45, 2.75) is 19.9 Å². The number of likely N-dealkylation sites (N-methyl/N-ethyl adjacent to an activating group) is 1. The van der Waals surface area contributed by atoms with Crippen molar-refractivity contribution in [3.63, 3.8) is 0 Å². The minimum Gasteiger partial charge on any atom is -0.382 e. The molecule has 2 aromatic heterocycles. The Hall–Kier alpha value is -0.720. The molecule has 0 N–H and O–H groups in total. The Bertz CT molecular complexity index is 525. The van der Waals surface area contributed by atoms with Crippen LogP contribution in [0, 0.1) is 0 Å². The zero-order valence-electron chi connectivity index (χ0n) is 13.6. The highest BCUT2D eigenvalue weighted by Gasteiger charge is 2.16. The second-order valence-electron chi connectivity index (χ2n) is 5.09. The predicted molar refractivity (Wildman–Crippen MR) is 96.0 cm³/mol. The van der Waals surface area contributed by atoms with Crippen LogP contribution < -0.4 is 0 Å². The van der Waals surface area contributed by atoms with E-state index >= 15 is 0 Å². The first-order valence-corrected chi connectivity index (χ1v) is 9.40. The molecule has 2 aromatic rings. The van der Waals surface area contributed by atoms with E-state index in [4.69, 9.17) is 9.47 Å². The number of ether oxygens (including phenoxy) is 2. The monoisotopic (exact) mass is 339 g/mol. The Morgan fingerprint density at radius 1 is 1.14 bits per heavy atom. The summed E-state index contributed by atoms with van der Waals surface area (Å²) in [6.45, 7) is 8.56. The highest BCUT2D eigenvalue weighted by Crippen LogP contribution is 2.35. The molecule has 1 unspecified atom stereocenters. The first-order valence-electron chi connectivity index (χ1n) is 7.70. The second kappa shape index (κ2) is 9.43. The highest BCUT2D eigenvalue weighted by atomic mass is 32.1. The zero-order valence-corrected chi connectivity index (χ0v) is 15.2. The van der Waals surface area contributed by atoms with Crippen molar-refractivity contribution in [2.75, 3.05) is 40.0 Å². The fourth-order valence-corrected chi connectivity index (χ4v) is 4.29. The molecule has 0 aliphatic heterocycles. The standard InChI is InChI=1S/C17H25NO2S2/c1-4-18(9-10-20-12-11-19-3)14(2)15-7-8-17(22-15)16-6-5-13-21-16/h5-8,13-14H,4,9-12H2,1-3H3. The van der Waals surface area contributed by atoms with Crippen LogP contribution in [-0.2, 0) is 9.47 Å². The number of hydrogen-bond donors (Lipinski definition) is 0. The van der Waals surface area contributed by atoms with E-state index in [9.17, 15) is 0 Å². The first kappa shape index (κ1) is 17.6. The van der Waals surface area contributed by atoms with Gasteiger partial charge in [0.15, 0.2) is 0 Å². The number of hydrogen-bond acceptors (Lipinski definition) is 5. The molecule has 2 heterocycles. The largest absolute Gasteiger partial charge is 0.382 e. The van der Waals surface area contributed by atoms with E-state index in [0.29, 0.717) is 19.3 Å². The molecule has 0 radical (unpaired) electrons. The lowest BCUT2D eigenvalue weighted by atomic mass is 10.2. The molecule has 122 valence electrons. The van der Waals surface area contributed by atoms with E-state index in [0.717, 1.165) is 19.7 Å². The summed E-state index contributed by atoms with van der Waals surface area (Å²) >= 11 is 3.70. The van der Waals surface area contributed by atoms with Crippen LogP contribution in [0.15, 0.2) is 29.6 Å². The van der Waals surface area contributed by atoms with E-state index in [1.54, 1.807) is 18.4 Å². The van der Waals surface area contributed by atoms with Crippen LogP contribution in [0.1, 0.15) is 24.8 Å². The Kier molecular flexibility index (Phi) is 7.55. The number of nitrogens with zero attached hydrogens (tertiary/aromatic N) is 1. The highest BCUT2D eigenvalue weighted by molar-refractivity contribution is 7.21. The van der Waals surface area contributed by atoms with Gasteiger partial charge in [0.2, 0.25) is 0 Å². The molecule has 0 amide bonds. The average Bonchev–Trinajstić information content (AvgIpc) is 3.21. The average molecular weight is 340 g/mol. The van der Waals surface area contributed by atoms with E-state index in [1.807, 2.05) is 11.3 Å². The van der Waals surface area contributed by atoms with Gasteiger partial charge in [0.25, 0.3) is 0 Å². The van der Waals surface area contributed by atoms with E-state index in [1.165, 1.54) is 14.6 Å². The summed E-state index contributed by atoms with van der Waals surface area (Å²) in [5.41, 5.74) is 0. The molecule has 0 saturated carbocycles. The molecule has 0 bridgehead atoms. The van der Waals surface area contributed by atoms with Gasteiger partial charge in [0.05, 0.1) is 19.8 Å². The number of methoxy groups -OCH3 is 1. The number of thiophene rings is 2. The van der Waals surface area contributed by atoms with Gasteiger partial charge in [-0.1, -0.05) is 13.0 Å². The van der Waals surface area contributed by atoms with E-state index in [-0.39, 0.29) is 0 Å². The van der Waals surface area contributed by atoms with Gasteiger partial charge < -0.3 is 9.47 Å². The van der Waals surface area contributed by atoms with Crippen molar-refractivity contribution >= 4 is 22.7 Å². The molecule has 0 spiro atoms. The maximum Gasteiger partial charge on any atom is 0.0700 e. The Labute approximate surface area is 141 Å². The third-order valence-electron chi connectivity index (χ3n) is 3.71. The van der Waals surface area contributed by atoms with Crippen LogP contribution in [-0.4, -0.2) is 44.9 Å². The van der Waals surface area contributed by atoms with Crippen LogP contribution in [0.4, 0.5) is 0 Å². The van der Waals surface area contributed by atoms with Crippen molar-refractivity contribution in [3.05, 3.63) is 34.5 Å². The zero-order chi connectivity index (χ0) is 15.8. The molecule has 2 rings (SSSR count). The van der Waals surface area contributed by atoms with Crippen LogP contribution in [0.3, 0.4) is 0 Å². The molecule has 0 aromatic carbocycles. The van der Waals surface area contributed by atoms with Crippen LogP contribution >= 0.6 is 22.7 Å². The summed E-state index contributed by atoms with van der Waals surface area (Å²) < 4.78 is 10.6. The SMILES string of the molecule is CCN(CCOCCOC)C(C)c1ccc(-c2cccs2)s1. The van der Waals surface area contributed by atoms with Crippen molar-refractivity contribution in [1.29, 1.82) is 0 Å². The third-order valence-corrected chi connectivity index (χ3v) is 6.03. The summed E-state index contributed by atoms with van der Waals surface area (Å²) in [5.74, 6) is 0. The third kappa shape index (κ3) is 4.89. The first-order chi connectivity index (χ1) is 10.8. The van der Waals surface area contributed by atoms with Gasteiger partial charge in [-0.15, -0.1) is 22.7 Å². The minimum absolute atomic E-state index is 0.426. The lowest BCUT2D eigenvalue weighted by Crippen LogP contribution is -2.30. The lowest BCUT2D eigenvalue weighted by Gasteiger charge is -2.26. The molecule has 22 heavy (non-hydrogen) atoms. The fraction of sp³-hybridized carbons (Fsp3) is 0.529. The summed E-state index contributed by atoms with van der Waals surface area (Å²) in [6, 6.07) is 9.23. The maximum absolute atomic E-state index is 5.59. The molecule has 5 heteroatoms. The molecular weight excluding hydrogens is 314 g/mol. The molecule has 0 saturated heterocycles. The molecule has 0 aliphatic rings. The van der Waals surface area contributed by atoms with Gasteiger partial charge in [0.1, 0.15) is 0 Å². The predicted octanol–water partition coefficient (Wildman–Crippen LogP) is 4.52. The van der Waals surface area contributed by atoms with Gasteiger partial charge >= 0.3 is 0 Å². The smallest absolute Gasteiger partial charge is 0.0700 e. The summed E-state index contributed by atoms with van der Waals surface area (Å²) in [5, 5.41) is 2.13. The van der Waals surface area contributed by atoms with Crippen molar-refractivity contribution in [2.24, 2.45) is 0 Å². The summed E-state index contributed by atoms with van der Waals surface area (Å²) in [4.78, 5) is 6.59. The summed E-state index contributed by atoms with van der Waals surface area (Å²) in [7, 11) is 1.70. The normalized spacial score (nSPS) is 12.9. The van der Waals surface area contributed by atoms with Crippen LogP contribution in [0.25, 0.3) is 9.75 Å². The van der Waals surface area contributed by atoms with Gasteiger partial charge in [-0.3, -0.25) is 4.90 Å². The van der Waals surface area contributed by atoms with Gasteiger partial charge in [0, 0.05) is 34.3 Å². The van der Waals surface area contributed by atoms with E-state index in [2.05, 4.69) is 48.4 Å². The Morgan fingerprint density at radius 3 is 2.68 bits per heavy atom. The molecular formula is C17H25NO2S2. The van der Waals surface area contributed by atoms with Gasteiger partial charge in [-0.05, 0) is 37.0 Å². The van der Waals surface area contributed by atoms with Crippen molar-refractivity contribution in [1.82, 2.24) is 4.90 Å². The quantitative estimate of drug-likeness (QED) is 0.594. The summed E-state index contributed by atoms with van der Waals surface area (Å²) in [6.07, 6.45) is 0.